The molecular formula is C24H25FO2. The molecule has 0 aromatic heterocycles. The van der Waals surface area contributed by atoms with E-state index in [2.05, 4.69) is 6.92 Å². The Kier molecular flexibility index (Phi) is 6.48. The molecule has 2 nitrogen and oxygen atoms in total. The van der Waals surface area contributed by atoms with Gasteiger partial charge in [0.2, 0.25) is 0 Å². The van der Waals surface area contributed by atoms with Gasteiger partial charge in [0.25, 0.3) is 0 Å². The van der Waals surface area contributed by atoms with E-state index >= 15 is 0 Å². The molecule has 0 atom stereocenters. The molecular weight excluding hydrogens is 339 g/mol. The predicted octanol–water partition coefficient (Wildman–Crippen LogP) is 6.08. The van der Waals surface area contributed by atoms with Crippen molar-refractivity contribution in [1.29, 1.82) is 0 Å². The average molecular weight is 364 g/mol. The number of hydrogen-bond acceptors (Lipinski definition) is 2. The summed E-state index contributed by atoms with van der Waals surface area (Å²) < 4.78 is 25.3. The molecule has 0 spiro atoms. The van der Waals surface area contributed by atoms with Crippen molar-refractivity contribution in [2.45, 2.75) is 26.2 Å². The second kappa shape index (κ2) is 9.22. The van der Waals surface area contributed by atoms with E-state index in [9.17, 15) is 4.39 Å². The zero-order valence-corrected chi connectivity index (χ0v) is 15.9. The van der Waals surface area contributed by atoms with E-state index in [0.717, 1.165) is 41.0 Å². The Labute approximate surface area is 160 Å². The largest absolute Gasteiger partial charge is 0.497 e. The highest BCUT2D eigenvalue weighted by Gasteiger charge is 2.07. The minimum atomic E-state index is -0.160. The molecule has 0 saturated heterocycles. The van der Waals surface area contributed by atoms with Crippen LogP contribution >= 0.6 is 0 Å². The number of hydrogen-bond donors (Lipinski definition) is 0. The van der Waals surface area contributed by atoms with Crippen molar-refractivity contribution < 1.29 is 13.9 Å². The quantitative estimate of drug-likeness (QED) is 0.482. The van der Waals surface area contributed by atoms with Crippen LogP contribution in [0.3, 0.4) is 0 Å². The van der Waals surface area contributed by atoms with Gasteiger partial charge in [0.05, 0.1) is 13.7 Å². The van der Waals surface area contributed by atoms with Crippen molar-refractivity contribution >= 4 is 0 Å². The lowest BCUT2D eigenvalue weighted by molar-refractivity contribution is 0.317. The Hall–Kier alpha value is -2.81. The Bertz CT molecular complexity index is 855. The predicted molar refractivity (Wildman–Crippen MR) is 108 cm³/mol. The van der Waals surface area contributed by atoms with Crippen LogP contribution in [0.5, 0.6) is 11.5 Å². The number of halogens is 1. The zero-order valence-electron chi connectivity index (χ0n) is 15.9. The van der Waals surface area contributed by atoms with Gasteiger partial charge in [-0.05, 0) is 71.8 Å². The summed E-state index contributed by atoms with van der Waals surface area (Å²) in [6.07, 6.45) is 2.44. The second-order valence-corrected chi connectivity index (χ2v) is 6.53. The molecule has 0 heterocycles. The molecule has 0 radical (unpaired) electrons. The molecule has 3 aromatic rings. The summed E-state index contributed by atoms with van der Waals surface area (Å²) in [7, 11) is 1.65. The third-order valence-corrected chi connectivity index (χ3v) is 4.56. The topological polar surface area (TPSA) is 18.5 Å². The Morgan fingerprint density at radius 2 is 1.44 bits per heavy atom. The fraction of sp³-hybridized carbons (Fsp3) is 0.250. The molecule has 3 aromatic carbocycles. The van der Waals surface area contributed by atoms with Gasteiger partial charge in [0.15, 0.2) is 0 Å². The van der Waals surface area contributed by atoms with Gasteiger partial charge in [-0.2, -0.15) is 0 Å². The molecule has 140 valence electrons. The monoisotopic (exact) mass is 364 g/mol. The molecule has 0 aliphatic heterocycles. The molecule has 27 heavy (non-hydrogen) atoms. The highest BCUT2D eigenvalue weighted by Crippen LogP contribution is 2.25. The number of aryl methyl sites for hydroxylation is 2. The molecule has 0 bridgehead atoms. The van der Waals surface area contributed by atoms with E-state index < -0.39 is 0 Å². The number of rotatable bonds is 8. The third kappa shape index (κ3) is 5.10. The van der Waals surface area contributed by atoms with Crippen molar-refractivity contribution in [2.24, 2.45) is 0 Å². The number of benzene rings is 3. The van der Waals surface area contributed by atoms with Crippen molar-refractivity contribution in [2.75, 3.05) is 13.7 Å². The van der Waals surface area contributed by atoms with E-state index in [-0.39, 0.29) is 5.82 Å². The lowest BCUT2D eigenvalue weighted by atomic mass is 9.99. The van der Waals surface area contributed by atoms with E-state index in [1.807, 2.05) is 60.7 Å². The maximum atomic E-state index is 14.6. The molecule has 0 N–H and O–H groups in total. The van der Waals surface area contributed by atoms with Crippen LogP contribution < -0.4 is 9.47 Å². The van der Waals surface area contributed by atoms with Crippen molar-refractivity contribution in [3.8, 4) is 22.6 Å². The summed E-state index contributed by atoms with van der Waals surface area (Å²) >= 11 is 0. The minimum absolute atomic E-state index is 0.160. The average Bonchev–Trinajstić information content (AvgIpc) is 2.72. The minimum Gasteiger partial charge on any atom is -0.497 e. The summed E-state index contributed by atoms with van der Waals surface area (Å²) in [5.74, 6) is 1.52. The smallest absolute Gasteiger partial charge is 0.127 e. The zero-order chi connectivity index (χ0) is 19.1. The highest BCUT2D eigenvalue weighted by atomic mass is 19.1. The standard InChI is InChI=1S/C24H25FO2/c1-3-16-27-23-14-10-19(11-15-23)21-9-8-20(24(25)17-21)7-4-18-5-12-22(26-2)13-6-18/h5-6,8-15,17H,3-4,7,16H2,1-2H3. The Morgan fingerprint density at radius 3 is 2.07 bits per heavy atom. The van der Waals surface area contributed by atoms with Crippen molar-refractivity contribution in [3.05, 3.63) is 83.7 Å². The van der Waals surface area contributed by atoms with Gasteiger partial charge in [-0.25, -0.2) is 4.39 Å². The summed E-state index contributed by atoms with van der Waals surface area (Å²) in [4.78, 5) is 0. The van der Waals surface area contributed by atoms with E-state index in [0.29, 0.717) is 13.0 Å². The molecule has 0 saturated carbocycles. The van der Waals surface area contributed by atoms with E-state index in [4.69, 9.17) is 9.47 Å². The maximum absolute atomic E-state index is 14.6. The second-order valence-electron chi connectivity index (χ2n) is 6.53. The van der Waals surface area contributed by atoms with Crippen LogP contribution in [0.25, 0.3) is 11.1 Å². The van der Waals surface area contributed by atoms with Gasteiger partial charge in [0.1, 0.15) is 17.3 Å². The fourth-order valence-electron chi connectivity index (χ4n) is 2.96. The van der Waals surface area contributed by atoms with Gasteiger partial charge < -0.3 is 9.47 Å². The Balaban J connectivity index is 1.65. The number of ether oxygens (including phenoxy) is 2. The third-order valence-electron chi connectivity index (χ3n) is 4.56. The molecule has 0 fully saturated rings. The van der Waals surface area contributed by atoms with Gasteiger partial charge in [-0.15, -0.1) is 0 Å². The summed E-state index contributed by atoms with van der Waals surface area (Å²) in [5, 5.41) is 0. The summed E-state index contributed by atoms with van der Waals surface area (Å²) in [6, 6.07) is 21.2. The van der Waals surface area contributed by atoms with Gasteiger partial charge in [-0.3, -0.25) is 0 Å². The first kappa shape index (κ1) is 19.0. The fourth-order valence-corrected chi connectivity index (χ4v) is 2.96. The van der Waals surface area contributed by atoms with Crippen LogP contribution in [0, 0.1) is 5.82 Å². The van der Waals surface area contributed by atoms with Crippen LogP contribution in [0.2, 0.25) is 0 Å². The van der Waals surface area contributed by atoms with Gasteiger partial charge in [0, 0.05) is 0 Å². The van der Waals surface area contributed by atoms with Crippen LogP contribution in [0.15, 0.2) is 66.7 Å². The normalized spacial score (nSPS) is 10.6. The number of methoxy groups -OCH3 is 1. The molecule has 0 amide bonds. The molecule has 3 rings (SSSR count). The lowest BCUT2D eigenvalue weighted by Crippen LogP contribution is -1.96. The molecule has 3 heteroatoms. The van der Waals surface area contributed by atoms with E-state index in [1.165, 1.54) is 5.56 Å². The van der Waals surface area contributed by atoms with Crippen molar-refractivity contribution in [1.82, 2.24) is 0 Å². The van der Waals surface area contributed by atoms with Crippen molar-refractivity contribution in [3.63, 3.8) is 0 Å². The Morgan fingerprint density at radius 1 is 0.778 bits per heavy atom. The summed E-state index contributed by atoms with van der Waals surface area (Å²) in [6.45, 7) is 2.78. The highest BCUT2D eigenvalue weighted by molar-refractivity contribution is 5.64. The van der Waals surface area contributed by atoms with Gasteiger partial charge in [-0.1, -0.05) is 43.3 Å². The van der Waals surface area contributed by atoms with E-state index in [1.54, 1.807) is 13.2 Å². The molecule has 0 aliphatic carbocycles. The van der Waals surface area contributed by atoms with Gasteiger partial charge >= 0.3 is 0 Å². The first-order valence-electron chi connectivity index (χ1n) is 9.34. The molecule has 0 aliphatic rings. The first-order valence-corrected chi connectivity index (χ1v) is 9.34. The van der Waals surface area contributed by atoms with Crippen LogP contribution in [-0.2, 0) is 12.8 Å². The maximum Gasteiger partial charge on any atom is 0.127 e. The van der Waals surface area contributed by atoms with Crippen LogP contribution in [-0.4, -0.2) is 13.7 Å². The molecule has 0 unspecified atom stereocenters. The van der Waals surface area contributed by atoms with Crippen LogP contribution in [0.4, 0.5) is 4.39 Å². The first-order chi connectivity index (χ1) is 13.2. The SMILES string of the molecule is CCCOc1ccc(-c2ccc(CCc3ccc(OC)cc3)c(F)c2)cc1. The summed E-state index contributed by atoms with van der Waals surface area (Å²) in [5.41, 5.74) is 3.77. The van der Waals surface area contributed by atoms with Crippen LogP contribution in [0.1, 0.15) is 24.5 Å². The lowest BCUT2D eigenvalue weighted by Gasteiger charge is -2.09.